The maximum absolute atomic E-state index is 15.1. The monoisotopic (exact) mass is 1060 g/mol. The molecule has 4 aliphatic rings. The Hall–Kier alpha value is -7.80. The molecule has 18 nitrogen and oxygen atoms in total. The van der Waals surface area contributed by atoms with Crippen molar-refractivity contribution in [1.82, 2.24) is 30.2 Å². The number of hydrogen-bond acceptors (Lipinski definition) is 12. The Morgan fingerprint density at radius 1 is 0.800 bits per heavy atom. The van der Waals surface area contributed by atoms with Crippen molar-refractivity contribution < 1.29 is 52.5 Å². The molecule has 0 saturated carbocycles. The minimum absolute atomic E-state index is 0.0188. The van der Waals surface area contributed by atoms with E-state index in [9.17, 15) is 28.8 Å². The van der Waals surface area contributed by atoms with Crippen molar-refractivity contribution in [2.75, 3.05) is 46.4 Å². The number of halogens is 2. The number of methoxy groups -OCH3 is 1. The van der Waals surface area contributed by atoms with Crippen LogP contribution in [0.2, 0.25) is 10.0 Å². The number of rotatable bonds is 17. The van der Waals surface area contributed by atoms with E-state index in [1.807, 2.05) is 62.4 Å². The van der Waals surface area contributed by atoms with Crippen molar-refractivity contribution in [3.63, 3.8) is 0 Å². The summed E-state index contributed by atoms with van der Waals surface area (Å²) in [7, 11) is 1.56. The molecule has 1 unspecified atom stereocenters. The van der Waals surface area contributed by atoms with Crippen LogP contribution in [0, 0.1) is 0 Å². The first kappa shape index (κ1) is 52.1. The van der Waals surface area contributed by atoms with Gasteiger partial charge in [-0.05, 0) is 91.1 Å². The van der Waals surface area contributed by atoms with Gasteiger partial charge < -0.3 is 34.1 Å². The Morgan fingerprint density at radius 3 is 2.16 bits per heavy atom. The molecule has 75 heavy (non-hydrogen) atoms. The second-order valence-corrected chi connectivity index (χ2v) is 19.4. The second kappa shape index (κ2) is 22.8. The Labute approximate surface area is 442 Å². The van der Waals surface area contributed by atoms with Crippen LogP contribution in [-0.4, -0.2) is 125 Å². The van der Waals surface area contributed by atoms with Crippen LogP contribution >= 0.6 is 23.2 Å². The Balaban J connectivity index is 0.780. The zero-order chi connectivity index (χ0) is 52.9. The highest BCUT2D eigenvalue weighted by Gasteiger charge is 2.47. The molecule has 8 amide bonds. The highest BCUT2D eigenvalue weighted by molar-refractivity contribution is 6.31. The molecule has 9 rings (SSSR count). The summed E-state index contributed by atoms with van der Waals surface area (Å²) in [6, 6.07) is 29.1. The van der Waals surface area contributed by atoms with E-state index in [-0.39, 0.29) is 94.3 Å². The zero-order valence-electron chi connectivity index (χ0n) is 41.3. The Morgan fingerprint density at radius 2 is 1.49 bits per heavy atom. The number of benzene rings is 5. The van der Waals surface area contributed by atoms with Crippen LogP contribution in [0.5, 0.6) is 17.2 Å². The van der Waals surface area contributed by atoms with Crippen molar-refractivity contribution in [2.45, 2.75) is 64.1 Å². The molecule has 0 aromatic heterocycles. The minimum atomic E-state index is -1.08. The topological polar surface area (TPSA) is 206 Å². The van der Waals surface area contributed by atoms with Gasteiger partial charge in [-0.3, -0.25) is 48.9 Å². The lowest BCUT2D eigenvalue weighted by atomic mass is 9.93. The quantitative estimate of drug-likeness (QED) is 0.0723. The predicted octanol–water partition coefficient (Wildman–Crippen LogP) is 6.91. The number of aliphatic imine (C=N–C) groups is 1. The number of ether oxygens (including phenoxy) is 4. The molecule has 2 fully saturated rings. The van der Waals surface area contributed by atoms with Crippen LogP contribution in [0.1, 0.15) is 87.3 Å². The third-order valence-electron chi connectivity index (χ3n) is 13.1. The smallest absolute Gasteiger partial charge is 0.326 e. The van der Waals surface area contributed by atoms with Gasteiger partial charge >= 0.3 is 6.03 Å². The van der Waals surface area contributed by atoms with Gasteiger partial charge in [0.05, 0.1) is 55.7 Å². The van der Waals surface area contributed by atoms with Gasteiger partial charge in [0.15, 0.2) is 0 Å². The van der Waals surface area contributed by atoms with Crippen LogP contribution in [-0.2, 0) is 37.1 Å². The fraction of sp³-hybridized carbons (Fsp3) is 0.309. The van der Waals surface area contributed by atoms with E-state index in [2.05, 4.69) is 10.6 Å². The van der Waals surface area contributed by atoms with Crippen LogP contribution in [0.15, 0.2) is 114 Å². The van der Waals surface area contributed by atoms with Crippen molar-refractivity contribution >= 4 is 70.5 Å². The summed E-state index contributed by atoms with van der Waals surface area (Å²) in [4.78, 5) is 103. The number of amides is 8. The van der Waals surface area contributed by atoms with Crippen LogP contribution in [0.3, 0.4) is 0 Å². The van der Waals surface area contributed by atoms with Crippen molar-refractivity contribution in [3.05, 3.63) is 158 Å². The van der Waals surface area contributed by atoms with Crippen LogP contribution in [0.25, 0.3) is 0 Å². The Kier molecular flexibility index (Phi) is 15.8. The molecule has 0 spiro atoms. The highest BCUT2D eigenvalue weighted by Crippen LogP contribution is 2.46. The van der Waals surface area contributed by atoms with Gasteiger partial charge in [-0.25, -0.2) is 4.79 Å². The zero-order valence-corrected chi connectivity index (χ0v) is 42.8. The van der Waals surface area contributed by atoms with Crippen LogP contribution < -0.4 is 24.8 Å². The molecule has 2 saturated heterocycles. The molecular weight excluding hydrogens is 1010 g/mol. The highest BCUT2D eigenvalue weighted by atomic mass is 35.5. The SMILES string of the molecule is COc1ccc(C2=N[C@@H](c3ccc(Cl)cc3)[C@@H](c3ccc(Cl)cc3)N2C(=O)N2CCN(CC(=O)NCCOCc3ccc(COc4cccc5c4C(=O)N(C4CCC(=O)NC4=O)C5=O)cc3)C(=O)C2)c(OC(C)C)c1. The maximum atomic E-state index is 15.1. The normalized spacial score (nSPS) is 18.6. The number of hydrogen-bond donors (Lipinski definition) is 2. The van der Waals surface area contributed by atoms with Crippen LogP contribution in [0.4, 0.5) is 4.79 Å². The molecule has 0 radical (unpaired) electrons. The molecule has 5 aromatic carbocycles. The number of nitrogens with one attached hydrogen (secondary N) is 2. The maximum Gasteiger partial charge on any atom is 0.326 e. The van der Waals surface area contributed by atoms with E-state index < -0.39 is 53.7 Å². The number of piperazine rings is 1. The van der Waals surface area contributed by atoms with Gasteiger partial charge in [0, 0.05) is 42.2 Å². The summed E-state index contributed by atoms with van der Waals surface area (Å²) in [6.45, 7) is 4.29. The average molecular weight is 1060 g/mol. The molecule has 3 atom stereocenters. The van der Waals surface area contributed by atoms with Gasteiger partial charge in [0.2, 0.25) is 23.6 Å². The molecule has 20 heteroatoms. The summed E-state index contributed by atoms with van der Waals surface area (Å²) in [5.41, 5.74) is 3.94. The van der Waals surface area contributed by atoms with Gasteiger partial charge in [-0.2, -0.15) is 0 Å². The lowest BCUT2D eigenvalue weighted by Gasteiger charge is -2.38. The van der Waals surface area contributed by atoms with E-state index in [0.29, 0.717) is 32.9 Å². The summed E-state index contributed by atoms with van der Waals surface area (Å²) in [5.74, 6) is -1.63. The van der Waals surface area contributed by atoms with Gasteiger partial charge in [0.25, 0.3) is 11.8 Å². The fourth-order valence-electron chi connectivity index (χ4n) is 9.39. The largest absolute Gasteiger partial charge is 0.497 e. The second-order valence-electron chi connectivity index (χ2n) is 18.5. The van der Waals surface area contributed by atoms with Gasteiger partial charge in [-0.15, -0.1) is 0 Å². The fourth-order valence-corrected chi connectivity index (χ4v) is 9.64. The first-order valence-electron chi connectivity index (χ1n) is 24.4. The third-order valence-corrected chi connectivity index (χ3v) is 13.6. The van der Waals surface area contributed by atoms with Crippen molar-refractivity contribution in [1.29, 1.82) is 0 Å². The third kappa shape index (κ3) is 11.5. The number of fused-ring (bicyclic) bond motifs is 1. The molecular formula is C55H53Cl2N7O11. The summed E-state index contributed by atoms with van der Waals surface area (Å²) in [5, 5.41) is 6.07. The predicted molar refractivity (Wildman–Crippen MR) is 276 cm³/mol. The number of carbonyl (C=O) groups is 7. The number of nitrogens with zero attached hydrogens (tertiary/aromatic N) is 5. The first-order chi connectivity index (χ1) is 36.2. The Bertz CT molecular complexity index is 3060. The summed E-state index contributed by atoms with van der Waals surface area (Å²) < 4.78 is 23.6. The molecule has 0 aliphatic carbocycles. The number of amidine groups is 1. The van der Waals surface area contributed by atoms with Gasteiger partial charge in [-0.1, -0.05) is 77.8 Å². The first-order valence-corrected chi connectivity index (χ1v) is 25.1. The van der Waals surface area contributed by atoms with Crippen molar-refractivity contribution in [3.8, 4) is 17.2 Å². The summed E-state index contributed by atoms with van der Waals surface area (Å²) in [6.07, 6.45) is -0.157. The van der Waals surface area contributed by atoms with E-state index in [4.69, 9.17) is 47.1 Å². The molecule has 4 aliphatic heterocycles. The number of imide groups is 2. The molecule has 0 bridgehead atoms. The van der Waals surface area contributed by atoms with E-state index in [1.54, 1.807) is 66.6 Å². The molecule has 4 heterocycles. The number of piperidine rings is 1. The number of urea groups is 1. The van der Waals surface area contributed by atoms with Crippen molar-refractivity contribution in [2.24, 2.45) is 4.99 Å². The number of carbonyl (C=O) groups excluding carboxylic acids is 7. The summed E-state index contributed by atoms with van der Waals surface area (Å²) >= 11 is 12.7. The van der Waals surface area contributed by atoms with E-state index in [0.717, 1.165) is 27.2 Å². The lowest BCUT2D eigenvalue weighted by molar-refractivity contribution is -0.139. The minimum Gasteiger partial charge on any atom is -0.497 e. The van der Waals surface area contributed by atoms with Gasteiger partial charge in [0.1, 0.15) is 48.3 Å². The van der Waals surface area contributed by atoms with E-state index in [1.165, 1.54) is 15.9 Å². The molecule has 5 aromatic rings. The lowest BCUT2D eigenvalue weighted by Crippen LogP contribution is -2.57. The molecule has 2 N–H and O–H groups in total. The molecule has 388 valence electrons. The average Bonchev–Trinajstić information content (AvgIpc) is 3.97. The van der Waals surface area contributed by atoms with E-state index >= 15 is 4.79 Å². The standard InChI is InChI=1S/C55H53Cl2N7O11/c1-32(2)75-44-27-39(72-3)19-20-40(44)51-60-49(35-11-15-37(56)16-12-35)50(36-13-17-38(57)18-14-36)64(51)55(71)62-25-24-61(47(67)29-62)28-46(66)58-23-26-73-30-33-7-9-34(10-8-33)31-74-43-6-4-5-41-48(43)54(70)63(53(41)69)42-21-22-45(65)59-52(42)68/h4-20,27,32,42,49-50H,21-26,28-31H2,1-3H3,(H,58,66)(H,59,65,68)/t42?,49-,50+/m0/s1.